The number of nitrogens with one attached hydrogen (secondary N) is 2. The maximum atomic E-state index is 11.6. The molecule has 0 bridgehead atoms. The summed E-state index contributed by atoms with van der Waals surface area (Å²) in [5.74, 6) is -0.244. The third kappa shape index (κ3) is 8.43. The number of hydrogen-bond donors (Lipinski definition) is 3. The lowest BCUT2D eigenvalue weighted by atomic mass is 10.1. The summed E-state index contributed by atoms with van der Waals surface area (Å²) < 4.78 is 24.7. The summed E-state index contributed by atoms with van der Waals surface area (Å²) in [7, 11) is -3.30. The minimum atomic E-state index is -3.30. The van der Waals surface area contributed by atoms with E-state index >= 15 is 0 Å². The van der Waals surface area contributed by atoms with Crippen LogP contribution in [0.2, 0.25) is 0 Å². The summed E-state index contributed by atoms with van der Waals surface area (Å²) in [6, 6.07) is -0.529. The molecular weight excluding hydrogens is 254 g/mol. The average Bonchev–Trinajstić information content (AvgIpc) is 2.19. The first-order valence-corrected chi connectivity index (χ1v) is 7.99. The highest BCUT2D eigenvalue weighted by molar-refractivity contribution is 7.88. The maximum absolute atomic E-state index is 11.6. The van der Waals surface area contributed by atoms with Crippen LogP contribution in [0, 0.1) is 0 Å². The van der Waals surface area contributed by atoms with Crippen molar-refractivity contribution in [2.75, 3.05) is 12.8 Å². The topological polar surface area (TPSA) is 101 Å². The summed E-state index contributed by atoms with van der Waals surface area (Å²) >= 11 is 0. The highest BCUT2D eigenvalue weighted by Gasteiger charge is 2.23. The summed E-state index contributed by atoms with van der Waals surface area (Å²) in [4.78, 5) is 11.6. The summed E-state index contributed by atoms with van der Waals surface area (Å²) in [5, 5.41) is 2.66. The molecule has 1 unspecified atom stereocenters. The van der Waals surface area contributed by atoms with Gasteiger partial charge in [-0.05, 0) is 20.3 Å². The quantitative estimate of drug-likeness (QED) is 0.579. The first kappa shape index (κ1) is 17.3. The smallest absolute Gasteiger partial charge is 0.236 e. The van der Waals surface area contributed by atoms with Crippen LogP contribution in [0.1, 0.15) is 40.0 Å². The molecule has 4 N–H and O–H groups in total. The molecule has 1 atom stereocenters. The van der Waals surface area contributed by atoms with Gasteiger partial charge in [-0.1, -0.05) is 19.8 Å². The summed E-state index contributed by atoms with van der Waals surface area (Å²) in [6.07, 6.45) is 3.62. The van der Waals surface area contributed by atoms with Gasteiger partial charge in [0, 0.05) is 12.1 Å². The molecule has 0 heterocycles. The van der Waals surface area contributed by atoms with Crippen LogP contribution in [0.15, 0.2) is 0 Å². The van der Waals surface area contributed by atoms with E-state index in [4.69, 9.17) is 5.73 Å². The van der Waals surface area contributed by atoms with Crippen LogP contribution in [-0.4, -0.2) is 38.7 Å². The summed E-state index contributed by atoms with van der Waals surface area (Å²) in [6.45, 7) is 5.64. The van der Waals surface area contributed by atoms with E-state index in [0.717, 1.165) is 19.1 Å². The molecule has 0 aromatic rings. The van der Waals surface area contributed by atoms with Gasteiger partial charge in [0.25, 0.3) is 0 Å². The van der Waals surface area contributed by atoms with Crippen LogP contribution in [0.4, 0.5) is 0 Å². The van der Waals surface area contributed by atoms with E-state index in [1.165, 1.54) is 0 Å². The van der Waals surface area contributed by atoms with Gasteiger partial charge in [-0.2, -0.15) is 0 Å². The molecule has 0 aliphatic heterocycles. The van der Waals surface area contributed by atoms with Crippen molar-refractivity contribution in [2.45, 2.75) is 51.6 Å². The largest absolute Gasteiger partial charge is 0.353 e. The minimum Gasteiger partial charge on any atom is -0.353 e. The average molecular weight is 279 g/mol. The molecule has 0 aliphatic carbocycles. The Kier molecular flexibility index (Phi) is 6.80. The Hall–Kier alpha value is -0.660. The molecule has 7 heteroatoms. The number of carbonyl (C=O) groups is 1. The van der Waals surface area contributed by atoms with Crippen LogP contribution in [-0.2, 0) is 14.8 Å². The Bertz CT molecular complexity index is 366. The van der Waals surface area contributed by atoms with E-state index in [9.17, 15) is 13.2 Å². The third-order valence-corrected chi connectivity index (χ3v) is 3.30. The Balaban J connectivity index is 4.19. The van der Waals surface area contributed by atoms with Crippen LogP contribution < -0.4 is 15.8 Å². The van der Waals surface area contributed by atoms with Gasteiger partial charge in [0.05, 0.1) is 12.3 Å². The number of sulfonamides is 1. The van der Waals surface area contributed by atoms with E-state index in [1.54, 1.807) is 13.8 Å². The number of rotatable bonds is 8. The van der Waals surface area contributed by atoms with Gasteiger partial charge < -0.3 is 11.1 Å². The highest BCUT2D eigenvalue weighted by Crippen LogP contribution is 2.03. The number of hydrogen-bond acceptors (Lipinski definition) is 4. The molecule has 1 amide bonds. The molecule has 0 aromatic heterocycles. The van der Waals surface area contributed by atoms with Gasteiger partial charge in [0.1, 0.15) is 0 Å². The second-order valence-corrected chi connectivity index (χ2v) is 6.97. The zero-order valence-electron chi connectivity index (χ0n) is 11.6. The van der Waals surface area contributed by atoms with Gasteiger partial charge in [0.15, 0.2) is 0 Å². The van der Waals surface area contributed by atoms with Crippen molar-refractivity contribution >= 4 is 15.9 Å². The predicted octanol–water partition coefficient (Wildman–Crippen LogP) is -0.0521. The van der Waals surface area contributed by atoms with Crippen LogP contribution in [0.5, 0.6) is 0 Å². The number of amides is 1. The predicted molar refractivity (Wildman–Crippen MR) is 72.6 cm³/mol. The second-order valence-electron chi connectivity index (χ2n) is 5.22. The van der Waals surface area contributed by atoms with Gasteiger partial charge in [-0.3, -0.25) is 4.79 Å². The third-order valence-electron chi connectivity index (χ3n) is 2.37. The number of carbonyl (C=O) groups excluding carboxylic acids is 1. The lowest BCUT2D eigenvalue weighted by Gasteiger charge is -2.26. The molecule has 0 rings (SSSR count). The van der Waals surface area contributed by atoms with E-state index < -0.39 is 21.6 Å². The van der Waals surface area contributed by atoms with Crippen molar-refractivity contribution < 1.29 is 13.2 Å². The molecule has 0 aliphatic rings. The Labute approximate surface area is 110 Å². The fraction of sp³-hybridized carbons (Fsp3) is 0.909. The van der Waals surface area contributed by atoms with Crippen LogP contribution in [0.3, 0.4) is 0 Å². The second kappa shape index (κ2) is 7.06. The minimum absolute atomic E-state index is 0.207. The first-order valence-electron chi connectivity index (χ1n) is 6.09. The standard InChI is InChI=1S/C11H25N3O3S/c1-5-6-7-9(12)10(15)13-8-11(2,3)14-18(4,16)17/h9,14H,5-8,12H2,1-4H3,(H,13,15). The molecule has 0 saturated carbocycles. The monoisotopic (exact) mass is 279 g/mol. The summed E-state index contributed by atoms with van der Waals surface area (Å²) in [5.41, 5.74) is 4.98. The molecule has 0 aromatic carbocycles. The van der Waals surface area contributed by atoms with Crippen molar-refractivity contribution in [1.82, 2.24) is 10.0 Å². The lowest BCUT2D eigenvalue weighted by molar-refractivity contribution is -0.122. The van der Waals surface area contributed by atoms with Crippen molar-refractivity contribution in [3.8, 4) is 0 Å². The molecular formula is C11H25N3O3S. The van der Waals surface area contributed by atoms with Crippen molar-refractivity contribution in [2.24, 2.45) is 5.73 Å². The Morgan fingerprint density at radius 1 is 1.39 bits per heavy atom. The van der Waals surface area contributed by atoms with E-state index in [0.29, 0.717) is 6.42 Å². The molecule has 0 spiro atoms. The zero-order valence-corrected chi connectivity index (χ0v) is 12.4. The van der Waals surface area contributed by atoms with Crippen molar-refractivity contribution in [1.29, 1.82) is 0 Å². The van der Waals surface area contributed by atoms with E-state index in [-0.39, 0.29) is 12.5 Å². The SMILES string of the molecule is CCCCC(N)C(=O)NCC(C)(C)NS(C)(=O)=O. The fourth-order valence-electron chi connectivity index (χ4n) is 1.53. The first-order chi connectivity index (χ1) is 8.07. The van der Waals surface area contributed by atoms with E-state index in [2.05, 4.69) is 10.0 Å². The maximum Gasteiger partial charge on any atom is 0.236 e. The lowest BCUT2D eigenvalue weighted by Crippen LogP contribution is -2.53. The van der Waals surface area contributed by atoms with E-state index in [1.807, 2.05) is 6.92 Å². The normalized spacial score (nSPS) is 14.3. The van der Waals surface area contributed by atoms with Gasteiger partial charge in [-0.15, -0.1) is 0 Å². The van der Waals surface area contributed by atoms with Crippen molar-refractivity contribution in [3.05, 3.63) is 0 Å². The molecule has 0 fully saturated rings. The number of nitrogens with two attached hydrogens (primary N) is 1. The molecule has 6 nitrogen and oxygen atoms in total. The van der Waals surface area contributed by atoms with Crippen LogP contribution >= 0.6 is 0 Å². The Morgan fingerprint density at radius 3 is 2.39 bits per heavy atom. The highest BCUT2D eigenvalue weighted by atomic mass is 32.2. The van der Waals surface area contributed by atoms with Gasteiger partial charge >= 0.3 is 0 Å². The molecule has 108 valence electrons. The van der Waals surface area contributed by atoms with Gasteiger partial charge in [0.2, 0.25) is 15.9 Å². The number of unbranched alkanes of at least 4 members (excludes halogenated alkanes) is 1. The Morgan fingerprint density at radius 2 is 1.94 bits per heavy atom. The van der Waals surface area contributed by atoms with Crippen LogP contribution in [0.25, 0.3) is 0 Å². The zero-order chi connectivity index (χ0) is 14.4. The molecule has 0 radical (unpaired) electrons. The molecule has 18 heavy (non-hydrogen) atoms. The van der Waals surface area contributed by atoms with Gasteiger partial charge in [-0.25, -0.2) is 13.1 Å². The molecule has 0 saturated heterocycles. The fourth-order valence-corrected chi connectivity index (χ4v) is 2.61. The van der Waals surface area contributed by atoms with Crippen molar-refractivity contribution in [3.63, 3.8) is 0 Å².